The molecule has 0 bridgehead atoms. The number of rotatable bonds is 6. The number of hydrogen-bond donors (Lipinski definition) is 2. The molecule has 1 heterocycles. The second kappa shape index (κ2) is 9.37. The number of aromatic nitrogens is 2. The van der Waals surface area contributed by atoms with E-state index in [2.05, 4.69) is 20.6 Å². The number of methoxy groups -OCH3 is 1. The molecule has 29 heavy (non-hydrogen) atoms. The molecule has 10 heteroatoms. The number of thiocarbonyl (C=S) groups is 1. The van der Waals surface area contributed by atoms with Crippen LogP contribution in [0.4, 0.5) is 19.0 Å². The first-order valence-electron chi connectivity index (χ1n) is 8.58. The quantitative estimate of drug-likeness (QED) is 0.678. The molecule has 0 atom stereocenters. The number of halogens is 3. The summed E-state index contributed by atoms with van der Waals surface area (Å²) in [4.78, 5) is 7.64. The van der Waals surface area contributed by atoms with E-state index in [-0.39, 0.29) is 35.0 Å². The predicted molar refractivity (Wildman–Crippen MR) is 105 cm³/mol. The highest BCUT2D eigenvalue weighted by molar-refractivity contribution is 7.80. The molecular weight excluding hydrogens is 405 g/mol. The molecule has 152 valence electrons. The van der Waals surface area contributed by atoms with Gasteiger partial charge in [-0.1, -0.05) is 12.1 Å². The molecule has 0 amide bonds. The van der Waals surface area contributed by atoms with Crippen molar-refractivity contribution in [2.45, 2.75) is 19.4 Å². The third-order valence-corrected chi connectivity index (χ3v) is 4.09. The molecule has 3 rings (SSSR count). The van der Waals surface area contributed by atoms with Crippen molar-refractivity contribution >= 4 is 23.1 Å². The zero-order chi connectivity index (χ0) is 20.8. The summed E-state index contributed by atoms with van der Waals surface area (Å²) in [6.07, 6.45) is 5.27. The highest BCUT2D eigenvalue weighted by atomic mass is 32.1. The lowest BCUT2D eigenvalue weighted by Crippen LogP contribution is -2.29. The molecule has 0 saturated carbocycles. The first-order chi connectivity index (χ1) is 14.0. The molecule has 0 unspecified atom stereocenters. The standard InChI is InChI=1S/C19H17F3N4O2S/c1-27-16-7-6-11(8-13(16)21)10-28-18-23-9-14(22)17(25-18)26-19(29)24-15-5-3-2-4-12(15)20/h4-9H,2-3,10H2,1H3,(H2,23,24,25,26,29). The maximum atomic E-state index is 14.0. The summed E-state index contributed by atoms with van der Waals surface area (Å²) < 4.78 is 51.7. The minimum absolute atomic E-state index is 0.0394. The van der Waals surface area contributed by atoms with E-state index in [1.807, 2.05) is 0 Å². The van der Waals surface area contributed by atoms with Gasteiger partial charge in [-0.25, -0.2) is 18.2 Å². The summed E-state index contributed by atoms with van der Waals surface area (Å²) in [6, 6.07) is 4.18. The van der Waals surface area contributed by atoms with E-state index in [1.165, 1.54) is 25.3 Å². The van der Waals surface area contributed by atoms with Crippen molar-refractivity contribution in [1.29, 1.82) is 0 Å². The molecule has 0 aliphatic heterocycles. The Morgan fingerprint density at radius 1 is 1.14 bits per heavy atom. The molecule has 0 spiro atoms. The SMILES string of the molecule is COc1ccc(COc2ncc(F)c(NC(=S)NC3=CCCC=C3F)n2)cc1F. The Morgan fingerprint density at radius 3 is 2.66 bits per heavy atom. The van der Waals surface area contributed by atoms with Gasteiger partial charge in [0.25, 0.3) is 0 Å². The van der Waals surface area contributed by atoms with E-state index in [4.69, 9.17) is 21.7 Å². The third kappa shape index (κ3) is 5.44. The Labute approximate surface area is 170 Å². The summed E-state index contributed by atoms with van der Waals surface area (Å²) in [7, 11) is 1.37. The number of anilines is 1. The van der Waals surface area contributed by atoms with Crippen LogP contribution in [-0.4, -0.2) is 22.2 Å². The monoisotopic (exact) mass is 422 g/mol. The first kappa shape index (κ1) is 20.6. The lowest BCUT2D eigenvalue weighted by molar-refractivity contribution is 0.279. The van der Waals surface area contributed by atoms with Gasteiger partial charge >= 0.3 is 6.01 Å². The molecule has 0 fully saturated rings. The fourth-order valence-electron chi connectivity index (χ4n) is 2.47. The van der Waals surface area contributed by atoms with Crippen LogP contribution in [0.3, 0.4) is 0 Å². The van der Waals surface area contributed by atoms with Crippen molar-refractivity contribution < 1.29 is 22.6 Å². The Morgan fingerprint density at radius 2 is 1.93 bits per heavy atom. The zero-order valence-electron chi connectivity index (χ0n) is 15.3. The van der Waals surface area contributed by atoms with E-state index >= 15 is 0 Å². The van der Waals surface area contributed by atoms with Crippen LogP contribution in [0.1, 0.15) is 18.4 Å². The number of allylic oxidation sites excluding steroid dienone is 3. The second-order valence-corrected chi connectivity index (χ2v) is 6.34. The van der Waals surface area contributed by atoms with Gasteiger partial charge in [0.15, 0.2) is 28.3 Å². The van der Waals surface area contributed by atoms with E-state index in [9.17, 15) is 13.2 Å². The van der Waals surface area contributed by atoms with Gasteiger partial charge in [-0.15, -0.1) is 0 Å². The molecule has 2 aromatic rings. The smallest absolute Gasteiger partial charge is 0.318 e. The minimum Gasteiger partial charge on any atom is -0.494 e. The maximum Gasteiger partial charge on any atom is 0.318 e. The predicted octanol–water partition coefficient (Wildman–Crippen LogP) is 4.16. The lowest BCUT2D eigenvalue weighted by atomic mass is 10.1. The van der Waals surface area contributed by atoms with Crippen molar-refractivity contribution in [1.82, 2.24) is 15.3 Å². The van der Waals surface area contributed by atoms with Crippen LogP contribution in [0.2, 0.25) is 0 Å². The summed E-state index contributed by atoms with van der Waals surface area (Å²) in [5, 5.41) is 5.16. The Hall–Kier alpha value is -3.14. The molecule has 1 aliphatic carbocycles. The zero-order valence-corrected chi connectivity index (χ0v) is 16.2. The molecule has 1 aromatic carbocycles. The van der Waals surface area contributed by atoms with E-state index in [0.717, 1.165) is 6.20 Å². The van der Waals surface area contributed by atoms with Gasteiger partial charge in [-0.05, 0) is 48.8 Å². The summed E-state index contributed by atoms with van der Waals surface area (Å²) in [5.41, 5.74) is 0.718. The Kier molecular flexibility index (Phi) is 6.65. The molecular formula is C19H17F3N4O2S. The van der Waals surface area contributed by atoms with Crippen LogP contribution in [0.25, 0.3) is 0 Å². The third-order valence-electron chi connectivity index (χ3n) is 3.88. The highest BCUT2D eigenvalue weighted by Gasteiger charge is 2.13. The molecule has 6 nitrogen and oxygen atoms in total. The van der Waals surface area contributed by atoms with Crippen molar-refractivity contribution in [2.24, 2.45) is 0 Å². The van der Waals surface area contributed by atoms with Crippen LogP contribution < -0.4 is 20.1 Å². The van der Waals surface area contributed by atoms with Gasteiger partial charge in [0.1, 0.15) is 12.4 Å². The van der Waals surface area contributed by atoms with Crippen molar-refractivity contribution in [2.75, 3.05) is 12.4 Å². The number of hydrogen-bond acceptors (Lipinski definition) is 5. The van der Waals surface area contributed by atoms with Gasteiger partial charge in [-0.3, -0.25) is 0 Å². The average Bonchev–Trinajstić information content (AvgIpc) is 2.70. The normalized spacial score (nSPS) is 13.2. The number of ether oxygens (including phenoxy) is 2. The van der Waals surface area contributed by atoms with Gasteiger partial charge in [0.05, 0.1) is 19.0 Å². The van der Waals surface area contributed by atoms with Gasteiger partial charge in [-0.2, -0.15) is 4.98 Å². The van der Waals surface area contributed by atoms with Crippen LogP contribution in [0.5, 0.6) is 11.8 Å². The highest BCUT2D eigenvalue weighted by Crippen LogP contribution is 2.20. The van der Waals surface area contributed by atoms with Crippen LogP contribution in [0.15, 0.2) is 48.1 Å². The number of benzene rings is 1. The minimum atomic E-state index is -0.773. The largest absolute Gasteiger partial charge is 0.494 e. The van der Waals surface area contributed by atoms with Crippen LogP contribution in [-0.2, 0) is 6.61 Å². The number of nitrogens with zero attached hydrogens (tertiary/aromatic N) is 2. The Bertz CT molecular complexity index is 982. The van der Waals surface area contributed by atoms with Crippen molar-refractivity contribution in [3.05, 3.63) is 65.3 Å². The van der Waals surface area contributed by atoms with Gasteiger partial charge < -0.3 is 20.1 Å². The van der Waals surface area contributed by atoms with Gasteiger partial charge in [0, 0.05) is 0 Å². The van der Waals surface area contributed by atoms with Crippen LogP contribution in [0, 0.1) is 11.6 Å². The first-order valence-corrected chi connectivity index (χ1v) is 8.99. The fourth-order valence-corrected chi connectivity index (χ4v) is 2.68. The molecule has 1 aromatic heterocycles. The average molecular weight is 422 g/mol. The van der Waals surface area contributed by atoms with Crippen molar-refractivity contribution in [3.8, 4) is 11.8 Å². The maximum absolute atomic E-state index is 14.0. The van der Waals surface area contributed by atoms with E-state index in [0.29, 0.717) is 18.4 Å². The van der Waals surface area contributed by atoms with Crippen LogP contribution >= 0.6 is 12.2 Å². The summed E-state index contributed by atoms with van der Waals surface area (Å²) in [5.74, 6) is -1.87. The molecule has 2 N–H and O–H groups in total. The van der Waals surface area contributed by atoms with E-state index < -0.39 is 17.5 Å². The van der Waals surface area contributed by atoms with Crippen molar-refractivity contribution in [3.63, 3.8) is 0 Å². The summed E-state index contributed by atoms with van der Waals surface area (Å²) >= 11 is 5.07. The molecule has 0 saturated heterocycles. The van der Waals surface area contributed by atoms with E-state index in [1.54, 1.807) is 12.1 Å². The van der Waals surface area contributed by atoms with Gasteiger partial charge in [0.2, 0.25) is 0 Å². The fraction of sp³-hybridized carbons (Fsp3) is 0.211. The summed E-state index contributed by atoms with van der Waals surface area (Å²) in [6.45, 7) is -0.0441. The molecule has 0 radical (unpaired) electrons. The topological polar surface area (TPSA) is 68.3 Å². The number of nitrogens with one attached hydrogen (secondary N) is 2. The second-order valence-electron chi connectivity index (χ2n) is 5.93. The lowest BCUT2D eigenvalue weighted by Gasteiger charge is -2.15. The molecule has 1 aliphatic rings. The Balaban J connectivity index is 1.63.